The second-order valence-electron chi connectivity index (χ2n) is 6.63. The molecule has 2 heterocycles. The Balaban J connectivity index is 1.42. The van der Waals surface area contributed by atoms with Crippen LogP contribution in [-0.2, 0) is 10.2 Å². The van der Waals surface area contributed by atoms with Crippen LogP contribution in [0.25, 0.3) is 6.08 Å². The van der Waals surface area contributed by atoms with Crippen molar-refractivity contribution in [3.05, 3.63) is 71.8 Å². The van der Waals surface area contributed by atoms with E-state index in [9.17, 15) is 4.79 Å². The highest BCUT2D eigenvalue weighted by Crippen LogP contribution is 2.45. The highest BCUT2D eigenvalue weighted by atomic mass is 16.5. The van der Waals surface area contributed by atoms with Crippen molar-refractivity contribution in [3.63, 3.8) is 0 Å². The summed E-state index contributed by atoms with van der Waals surface area (Å²) in [4.78, 5) is 14.4. The molecule has 0 saturated carbocycles. The van der Waals surface area contributed by atoms with Crippen LogP contribution in [0.4, 0.5) is 0 Å². The Morgan fingerprint density at radius 1 is 1.00 bits per heavy atom. The number of carbonyl (C=O) groups excluding carboxylic acids is 1. The Labute approximate surface area is 142 Å². The maximum atomic E-state index is 12.4. The number of rotatable bonds is 2. The van der Waals surface area contributed by atoms with E-state index in [-0.39, 0.29) is 11.3 Å². The van der Waals surface area contributed by atoms with Gasteiger partial charge in [-0.1, -0.05) is 48.5 Å². The third-order valence-corrected chi connectivity index (χ3v) is 5.21. The van der Waals surface area contributed by atoms with E-state index in [0.717, 1.165) is 43.9 Å². The van der Waals surface area contributed by atoms with Crippen molar-refractivity contribution in [3.8, 4) is 5.75 Å². The highest BCUT2D eigenvalue weighted by molar-refractivity contribution is 5.91. The molecule has 2 aromatic carbocycles. The van der Waals surface area contributed by atoms with Crippen molar-refractivity contribution in [1.29, 1.82) is 0 Å². The molecule has 1 spiro atoms. The Bertz CT molecular complexity index is 758. The van der Waals surface area contributed by atoms with E-state index in [1.54, 1.807) is 6.08 Å². The van der Waals surface area contributed by atoms with Gasteiger partial charge >= 0.3 is 0 Å². The summed E-state index contributed by atoms with van der Waals surface area (Å²) in [6.45, 7) is 2.32. The molecular formula is C21H21NO2. The number of benzene rings is 2. The van der Waals surface area contributed by atoms with Crippen LogP contribution in [0.2, 0.25) is 0 Å². The maximum absolute atomic E-state index is 12.4. The average Bonchev–Trinajstić information content (AvgIpc) is 3.00. The number of para-hydroxylation sites is 1. The number of hydrogen-bond acceptors (Lipinski definition) is 2. The lowest BCUT2D eigenvalue weighted by Gasteiger charge is -2.38. The van der Waals surface area contributed by atoms with E-state index >= 15 is 0 Å². The summed E-state index contributed by atoms with van der Waals surface area (Å²) in [7, 11) is 0. The Morgan fingerprint density at radius 2 is 1.71 bits per heavy atom. The van der Waals surface area contributed by atoms with Crippen molar-refractivity contribution in [2.75, 3.05) is 19.7 Å². The molecule has 0 bridgehead atoms. The van der Waals surface area contributed by atoms with Gasteiger partial charge in [0.15, 0.2) is 0 Å². The van der Waals surface area contributed by atoms with Gasteiger partial charge in [-0.25, -0.2) is 0 Å². The summed E-state index contributed by atoms with van der Waals surface area (Å²) >= 11 is 0. The molecule has 0 aromatic heterocycles. The molecule has 0 atom stereocenters. The minimum atomic E-state index is 0.0938. The highest BCUT2D eigenvalue weighted by Gasteiger charge is 2.43. The first-order chi connectivity index (χ1) is 11.8. The number of ether oxygens (including phenoxy) is 1. The molecule has 4 rings (SSSR count). The Morgan fingerprint density at radius 3 is 2.50 bits per heavy atom. The van der Waals surface area contributed by atoms with E-state index < -0.39 is 0 Å². The van der Waals surface area contributed by atoms with E-state index in [2.05, 4.69) is 12.1 Å². The van der Waals surface area contributed by atoms with E-state index in [4.69, 9.17) is 4.74 Å². The van der Waals surface area contributed by atoms with Crippen molar-refractivity contribution < 1.29 is 9.53 Å². The fourth-order valence-electron chi connectivity index (χ4n) is 3.73. The summed E-state index contributed by atoms with van der Waals surface area (Å²) < 4.78 is 5.88. The van der Waals surface area contributed by atoms with Crippen molar-refractivity contribution >= 4 is 12.0 Å². The van der Waals surface area contributed by atoms with Crippen LogP contribution in [0.15, 0.2) is 60.7 Å². The Kier molecular flexibility index (Phi) is 3.85. The zero-order valence-electron chi connectivity index (χ0n) is 13.7. The molecule has 0 unspecified atom stereocenters. The summed E-state index contributed by atoms with van der Waals surface area (Å²) in [5.74, 6) is 1.11. The quantitative estimate of drug-likeness (QED) is 0.791. The molecule has 1 fully saturated rings. The van der Waals surface area contributed by atoms with Gasteiger partial charge in [0.25, 0.3) is 0 Å². The standard InChI is InChI=1S/C21H21NO2/c23-20(11-10-17-6-2-1-3-7-17)22-14-12-21(13-15-22)16-24-19-9-5-4-8-18(19)21/h1-11H,12-16H2. The molecule has 0 aliphatic carbocycles. The molecule has 2 aromatic rings. The summed E-state index contributed by atoms with van der Waals surface area (Å²) in [6.07, 6.45) is 5.51. The van der Waals surface area contributed by atoms with Gasteiger partial charge in [0.2, 0.25) is 5.91 Å². The zero-order chi connectivity index (χ0) is 16.4. The van der Waals surface area contributed by atoms with Gasteiger partial charge in [-0.2, -0.15) is 0 Å². The normalized spacial score (nSPS) is 18.6. The molecular weight excluding hydrogens is 298 g/mol. The largest absolute Gasteiger partial charge is 0.492 e. The summed E-state index contributed by atoms with van der Waals surface area (Å²) in [5.41, 5.74) is 2.46. The molecule has 122 valence electrons. The van der Waals surface area contributed by atoms with Gasteiger partial charge in [0.05, 0.1) is 6.61 Å². The smallest absolute Gasteiger partial charge is 0.246 e. The molecule has 2 aliphatic rings. The van der Waals surface area contributed by atoms with Crippen LogP contribution in [0.5, 0.6) is 5.75 Å². The molecule has 3 heteroatoms. The SMILES string of the molecule is O=C(C=Cc1ccccc1)N1CCC2(CC1)COc1ccccc12. The predicted molar refractivity (Wildman–Crippen MR) is 94.9 cm³/mol. The fraction of sp³-hybridized carbons (Fsp3) is 0.286. The first-order valence-corrected chi connectivity index (χ1v) is 8.51. The molecule has 2 aliphatic heterocycles. The topological polar surface area (TPSA) is 29.5 Å². The average molecular weight is 319 g/mol. The maximum Gasteiger partial charge on any atom is 0.246 e. The lowest BCUT2D eigenvalue weighted by molar-refractivity contribution is -0.127. The molecule has 1 amide bonds. The van der Waals surface area contributed by atoms with Crippen molar-refractivity contribution in [1.82, 2.24) is 4.90 Å². The third-order valence-electron chi connectivity index (χ3n) is 5.21. The number of likely N-dealkylation sites (tertiary alicyclic amines) is 1. The van der Waals surface area contributed by atoms with Crippen LogP contribution < -0.4 is 4.74 Å². The zero-order valence-corrected chi connectivity index (χ0v) is 13.7. The lowest BCUT2D eigenvalue weighted by Crippen LogP contribution is -2.45. The van der Waals surface area contributed by atoms with Crippen LogP contribution in [0.3, 0.4) is 0 Å². The van der Waals surface area contributed by atoms with Gasteiger partial charge in [0, 0.05) is 30.1 Å². The monoisotopic (exact) mass is 319 g/mol. The predicted octanol–water partition coefficient (Wildman–Crippen LogP) is 3.65. The second kappa shape index (κ2) is 6.16. The van der Waals surface area contributed by atoms with Gasteiger partial charge in [-0.3, -0.25) is 4.79 Å². The summed E-state index contributed by atoms with van der Waals surface area (Å²) in [5, 5.41) is 0. The minimum Gasteiger partial charge on any atom is -0.492 e. The molecule has 0 radical (unpaired) electrons. The number of nitrogens with zero attached hydrogens (tertiary/aromatic N) is 1. The molecule has 1 saturated heterocycles. The van der Waals surface area contributed by atoms with Gasteiger partial charge < -0.3 is 9.64 Å². The van der Waals surface area contributed by atoms with Crippen LogP contribution in [0, 0.1) is 0 Å². The van der Waals surface area contributed by atoms with Crippen LogP contribution >= 0.6 is 0 Å². The van der Waals surface area contributed by atoms with Gasteiger partial charge in [-0.05, 0) is 30.5 Å². The number of amides is 1. The number of carbonyl (C=O) groups is 1. The molecule has 0 N–H and O–H groups in total. The van der Waals surface area contributed by atoms with Gasteiger partial charge in [-0.15, -0.1) is 0 Å². The number of piperidine rings is 1. The van der Waals surface area contributed by atoms with Crippen LogP contribution in [-0.4, -0.2) is 30.5 Å². The van der Waals surface area contributed by atoms with E-state index in [0.29, 0.717) is 0 Å². The summed E-state index contributed by atoms with van der Waals surface area (Å²) in [6, 6.07) is 18.3. The third kappa shape index (κ3) is 2.71. The number of fused-ring (bicyclic) bond motifs is 2. The first-order valence-electron chi connectivity index (χ1n) is 8.51. The number of hydrogen-bond donors (Lipinski definition) is 0. The minimum absolute atomic E-state index is 0.0938. The second-order valence-corrected chi connectivity index (χ2v) is 6.63. The van der Waals surface area contributed by atoms with E-state index in [1.807, 2.05) is 53.4 Å². The molecule has 3 nitrogen and oxygen atoms in total. The van der Waals surface area contributed by atoms with Crippen molar-refractivity contribution in [2.45, 2.75) is 18.3 Å². The molecule has 24 heavy (non-hydrogen) atoms. The van der Waals surface area contributed by atoms with E-state index in [1.165, 1.54) is 5.56 Å². The van der Waals surface area contributed by atoms with Gasteiger partial charge in [0.1, 0.15) is 5.75 Å². The fourth-order valence-corrected chi connectivity index (χ4v) is 3.73. The lowest BCUT2D eigenvalue weighted by atomic mass is 9.74. The Hall–Kier alpha value is -2.55. The first kappa shape index (κ1) is 15.0. The van der Waals surface area contributed by atoms with Crippen molar-refractivity contribution in [2.24, 2.45) is 0 Å². The van der Waals surface area contributed by atoms with Crippen LogP contribution in [0.1, 0.15) is 24.0 Å².